The Morgan fingerprint density at radius 1 is 0.769 bits per heavy atom. The maximum Gasteiger partial charge on any atom is 0.220 e. The lowest BCUT2D eigenvalue weighted by Crippen LogP contribution is -2.28. The third-order valence-electron chi connectivity index (χ3n) is 4.14. The van der Waals surface area contributed by atoms with E-state index in [1.807, 2.05) is 27.7 Å². The molecule has 0 saturated heterocycles. The van der Waals surface area contributed by atoms with Gasteiger partial charge in [0.15, 0.2) is 0 Å². The number of ether oxygens (including phenoxy) is 2. The number of hydrogen-bond acceptors (Lipinski definition) is 4. The van der Waals surface area contributed by atoms with Gasteiger partial charge in [0.2, 0.25) is 5.91 Å². The molecule has 0 heterocycles. The summed E-state index contributed by atoms with van der Waals surface area (Å²) >= 11 is 0. The molecule has 0 unspecified atom stereocenters. The van der Waals surface area contributed by atoms with Gasteiger partial charge in [-0.3, -0.25) is 9.59 Å². The largest absolute Gasteiger partial charge is 0.379 e. The number of carbonyl (C=O) groups excluding carboxylic acids is 2. The number of rotatable bonds is 18. The van der Waals surface area contributed by atoms with E-state index in [0.717, 1.165) is 32.3 Å². The van der Waals surface area contributed by atoms with Crippen LogP contribution in [0.1, 0.15) is 79.1 Å². The van der Waals surface area contributed by atoms with Crippen LogP contribution in [0.2, 0.25) is 0 Å². The lowest BCUT2D eigenvalue weighted by molar-refractivity contribution is -0.122. The van der Waals surface area contributed by atoms with Crippen molar-refractivity contribution in [3.8, 4) is 0 Å². The highest BCUT2D eigenvalue weighted by molar-refractivity contribution is 5.80. The van der Waals surface area contributed by atoms with Crippen LogP contribution < -0.4 is 5.32 Å². The topological polar surface area (TPSA) is 64.6 Å². The average molecular weight is 372 g/mol. The molecule has 0 saturated carbocycles. The molecule has 0 aromatic rings. The Labute approximate surface area is 160 Å². The van der Waals surface area contributed by atoms with E-state index in [-0.39, 0.29) is 11.8 Å². The van der Waals surface area contributed by atoms with Crippen molar-refractivity contribution in [1.29, 1.82) is 0 Å². The van der Waals surface area contributed by atoms with Crippen molar-refractivity contribution in [2.75, 3.05) is 33.0 Å². The number of hydrogen-bond donors (Lipinski definition) is 1. The van der Waals surface area contributed by atoms with E-state index in [9.17, 15) is 9.59 Å². The Morgan fingerprint density at radius 3 is 1.96 bits per heavy atom. The van der Waals surface area contributed by atoms with Gasteiger partial charge in [0.1, 0.15) is 5.78 Å². The van der Waals surface area contributed by atoms with E-state index in [4.69, 9.17) is 9.47 Å². The zero-order chi connectivity index (χ0) is 19.6. The van der Waals surface area contributed by atoms with E-state index in [1.165, 1.54) is 19.3 Å². The zero-order valence-electron chi connectivity index (χ0n) is 17.5. The van der Waals surface area contributed by atoms with Gasteiger partial charge in [0.25, 0.3) is 0 Å². The minimum Gasteiger partial charge on any atom is -0.379 e. The van der Waals surface area contributed by atoms with E-state index in [0.29, 0.717) is 44.5 Å². The number of Topliss-reactive ketones (excluding diaryl/α,β-unsaturated/α-hetero) is 1. The van der Waals surface area contributed by atoms with Gasteiger partial charge in [0.05, 0.1) is 19.8 Å². The molecule has 0 aromatic carbocycles. The minimum atomic E-state index is 0.0892. The third kappa shape index (κ3) is 17.9. The molecular weight excluding hydrogens is 330 g/mol. The molecule has 0 rings (SSSR count). The summed E-state index contributed by atoms with van der Waals surface area (Å²) in [6, 6.07) is 0. The van der Waals surface area contributed by atoms with Crippen LogP contribution in [0, 0.1) is 11.8 Å². The number of carbonyl (C=O) groups is 2. The van der Waals surface area contributed by atoms with Crippen LogP contribution in [-0.4, -0.2) is 44.7 Å². The molecule has 1 amide bonds. The first kappa shape index (κ1) is 25.1. The molecule has 0 atom stereocenters. The van der Waals surface area contributed by atoms with Crippen molar-refractivity contribution in [3.05, 3.63) is 0 Å². The van der Waals surface area contributed by atoms with Gasteiger partial charge in [-0.15, -0.1) is 0 Å². The predicted octanol–water partition coefficient (Wildman–Crippen LogP) is 4.14. The van der Waals surface area contributed by atoms with Gasteiger partial charge in [-0.25, -0.2) is 0 Å². The molecular formula is C21H41NO4. The van der Waals surface area contributed by atoms with Crippen LogP contribution in [0.5, 0.6) is 0 Å². The SMILES string of the molecule is CC(C)CC(=O)NCCOCCOCCCCCCCCC(=O)C(C)C. The molecule has 0 spiro atoms. The monoisotopic (exact) mass is 371 g/mol. The van der Waals surface area contributed by atoms with Crippen molar-refractivity contribution >= 4 is 11.7 Å². The Morgan fingerprint density at radius 2 is 1.35 bits per heavy atom. The fraction of sp³-hybridized carbons (Fsp3) is 0.905. The lowest BCUT2D eigenvalue weighted by Gasteiger charge is -2.08. The highest BCUT2D eigenvalue weighted by atomic mass is 16.5. The van der Waals surface area contributed by atoms with Gasteiger partial charge in [0, 0.05) is 31.9 Å². The maximum absolute atomic E-state index is 11.5. The van der Waals surface area contributed by atoms with Gasteiger partial charge in [-0.2, -0.15) is 0 Å². The Hall–Kier alpha value is -0.940. The number of nitrogens with one attached hydrogen (secondary N) is 1. The number of amides is 1. The molecule has 0 aromatic heterocycles. The maximum atomic E-state index is 11.5. The third-order valence-corrected chi connectivity index (χ3v) is 4.14. The van der Waals surface area contributed by atoms with E-state index in [1.54, 1.807) is 0 Å². The smallest absolute Gasteiger partial charge is 0.220 e. The highest BCUT2D eigenvalue weighted by Crippen LogP contribution is 2.09. The first-order valence-corrected chi connectivity index (χ1v) is 10.4. The Balaban J connectivity index is 3.16. The summed E-state index contributed by atoms with van der Waals surface area (Å²) in [5, 5.41) is 2.84. The molecule has 154 valence electrons. The van der Waals surface area contributed by atoms with Gasteiger partial charge in [-0.05, 0) is 18.8 Å². The van der Waals surface area contributed by atoms with E-state index >= 15 is 0 Å². The van der Waals surface area contributed by atoms with Crippen molar-refractivity contribution in [1.82, 2.24) is 5.32 Å². The molecule has 1 N–H and O–H groups in total. The molecule has 0 fully saturated rings. The zero-order valence-corrected chi connectivity index (χ0v) is 17.5. The first-order valence-electron chi connectivity index (χ1n) is 10.4. The summed E-state index contributed by atoms with van der Waals surface area (Å²) in [4.78, 5) is 22.9. The van der Waals surface area contributed by atoms with Crippen molar-refractivity contribution in [2.24, 2.45) is 11.8 Å². The summed E-state index contributed by atoms with van der Waals surface area (Å²) < 4.78 is 11.0. The summed E-state index contributed by atoms with van der Waals surface area (Å²) in [7, 11) is 0. The normalized spacial score (nSPS) is 11.3. The summed E-state index contributed by atoms with van der Waals surface area (Å²) in [5.41, 5.74) is 0. The Bertz CT molecular complexity index is 356. The number of unbranched alkanes of at least 4 members (excludes halogenated alkanes) is 5. The van der Waals surface area contributed by atoms with E-state index in [2.05, 4.69) is 5.32 Å². The molecule has 0 aliphatic rings. The van der Waals surface area contributed by atoms with Gasteiger partial charge >= 0.3 is 0 Å². The molecule has 0 aliphatic heterocycles. The van der Waals surface area contributed by atoms with Crippen molar-refractivity contribution in [3.63, 3.8) is 0 Å². The van der Waals surface area contributed by atoms with Crippen LogP contribution in [0.15, 0.2) is 0 Å². The average Bonchev–Trinajstić information content (AvgIpc) is 2.57. The summed E-state index contributed by atoms with van der Waals surface area (Å²) in [6.07, 6.45) is 8.17. The molecule has 0 radical (unpaired) electrons. The summed E-state index contributed by atoms with van der Waals surface area (Å²) in [6.45, 7) is 11.1. The molecule has 5 nitrogen and oxygen atoms in total. The second-order valence-electron chi connectivity index (χ2n) is 7.67. The van der Waals surface area contributed by atoms with Gasteiger partial charge < -0.3 is 14.8 Å². The predicted molar refractivity (Wildman–Crippen MR) is 106 cm³/mol. The fourth-order valence-electron chi connectivity index (χ4n) is 2.53. The minimum absolute atomic E-state index is 0.0892. The lowest BCUT2D eigenvalue weighted by atomic mass is 10.0. The highest BCUT2D eigenvalue weighted by Gasteiger charge is 2.05. The molecule has 5 heteroatoms. The fourth-order valence-corrected chi connectivity index (χ4v) is 2.53. The quantitative estimate of drug-likeness (QED) is 0.368. The molecule has 26 heavy (non-hydrogen) atoms. The molecule has 0 aliphatic carbocycles. The second-order valence-corrected chi connectivity index (χ2v) is 7.67. The van der Waals surface area contributed by atoms with Crippen LogP contribution in [-0.2, 0) is 19.1 Å². The molecule has 0 bridgehead atoms. The van der Waals surface area contributed by atoms with Gasteiger partial charge in [-0.1, -0.05) is 53.4 Å². The van der Waals surface area contributed by atoms with Crippen molar-refractivity contribution in [2.45, 2.75) is 79.1 Å². The van der Waals surface area contributed by atoms with Crippen LogP contribution in [0.3, 0.4) is 0 Å². The standard InChI is InChI=1S/C21H41NO4/c1-18(2)17-21(24)22-12-14-26-16-15-25-13-10-8-6-5-7-9-11-20(23)19(3)4/h18-19H,5-17H2,1-4H3,(H,22,24). The van der Waals surface area contributed by atoms with Crippen LogP contribution in [0.4, 0.5) is 0 Å². The summed E-state index contributed by atoms with van der Waals surface area (Å²) in [5.74, 6) is 1.04. The van der Waals surface area contributed by atoms with E-state index < -0.39 is 0 Å². The first-order chi connectivity index (χ1) is 12.4. The van der Waals surface area contributed by atoms with Crippen molar-refractivity contribution < 1.29 is 19.1 Å². The number of ketones is 1. The second kappa shape index (κ2) is 17.5. The van der Waals surface area contributed by atoms with Crippen LogP contribution in [0.25, 0.3) is 0 Å². The Kier molecular flexibility index (Phi) is 16.8. The van der Waals surface area contributed by atoms with Crippen LogP contribution >= 0.6 is 0 Å².